The SMILES string of the molecule is Cc1nc(NC2CCCC2)cc(N(C)CC(C)N)n1. The van der Waals surface area contributed by atoms with Crippen LogP contribution in [-0.4, -0.2) is 35.6 Å². The van der Waals surface area contributed by atoms with Gasteiger partial charge in [0.25, 0.3) is 0 Å². The first-order valence-corrected chi connectivity index (χ1v) is 7.13. The molecule has 1 aliphatic rings. The summed E-state index contributed by atoms with van der Waals surface area (Å²) in [5.41, 5.74) is 5.84. The molecule has 3 N–H and O–H groups in total. The van der Waals surface area contributed by atoms with Gasteiger partial charge in [0.1, 0.15) is 17.5 Å². The van der Waals surface area contributed by atoms with Crippen molar-refractivity contribution in [1.82, 2.24) is 9.97 Å². The van der Waals surface area contributed by atoms with E-state index in [1.54, 1.807) is 0 Å². The summed E-state index contributed by atoms with van der Waals surface area (Å²) in [7, 11) is 2.02. The summed E-state index contributed by atoms with van der Waals surface area (Å²) in [5.74, 6) is 2.67. The van der Waals surface area contributed by atoms with Crippen molar-refractivity contribution in [1.29, 1.82) is 0 Å². The van der Waals surface area contributed by atoms with E-state index in [1.165, 1.54) is 25.7 Å². The van der Waals surface area contributed by atoms with Crippen molar-refractivity contribution in [3.05, 3.63) is 11.9 Å². The quantitative estimate of drug-likeness (QED) is 0.849. The van der Waals surface area contributed by atoms with Gasteiger partial charge in [0.2, 0.25) is 0 Å². The summed E-state index contributed by atoms with van der Waals surface area (Å²) in [6.07, 6.45) is 5.13. The number of nitrogens with one attached hydrogen (secondary N) is 1. The average molecular weight is 263 g/mol. The Morgan fingerprint density at radius 3 is 2.74 bits per heavy atom. The first kappa shape index (κ1) is 14.1. The van der Waals surface area contributed by atoms with Crippen LogP contribution in [0.25, 0.3) is 0 Å². The highest BCUT2D eigenvalue weighted by Crippen LogP contribution is 2.23. The van der Waals surface area contributed by atoms with Gasteiger partial charge in [-0.05, 0) is 26.7 Å². The van der Waals surface area contributed by atoms with Crippen LogP contribution in [0.5, 0.6) is 0 Å². The third-order valence-corrected chi connectivity index (χ3v) is 3.48. The minimum absolute atomic E-state index is 0.131. The van der Waals surface area contributed by atoms with Gasteiger partial charge in [-0.15, -0.1) is 0 Å². The molecule has 0 saturated heterocycles. The molecule has 1 unspecified atom stereocenters. The van der Waals surface area contributed by atoms with Crippen molar-refractivity contribution in [2.75, 3.05) is 23.8 Å². The Morgan fingerprint density at radius 1 is 1.42 bits per heavy atom. The van der Waals surface area contributed by atoms with Crippen molar-refractivity contribution >= 4 is 11.6 Å². The molecule has 5 nitrogen and oxygen atoms in total. The first-order valence-electron chi connectivity index (χ1n) is 7.13. The maximum absolute atomic E-state index is 5.84. The van der Waals surface area contributed by atoms with Gasteiger partial charge in [-0.2, -0.15) is 0 Å². The maximum Gasteiger partial charge on any atom is 0.134 e. The van der Waals surface area contributed by atoms with E-state index in [0.29, 0.717) is 6.04 Å². The van der Waals surface area contributed by atoms with E-state index in [2.05, 4.69) is 20.2 Å². The van der Waals surface area contributed by atoms with Crippen LogP contribution in [0.1, 0.15) is 38.4 Å². The number of nitrogens with two attached hydrogens (primary N) is 1. The summed E-state index contributed by atoms with van der Waals surface area (Å²) in [5, 5.41) is 3.52. The average Bonchev–Trinajstić information content (AvgIpc) is 2.80. The summed E-state index contributed by atoms with van der Waals surface area (Å²) in [6.45, 7) is 4.73. The number of nitrogens with zero attached hydrogens (tertiary/aromatic N) is 3. The predicted molar refractivity (Wildman–Crippen MR) is 79.6 cm³/mol. The minimum atomic E-state index is 0.131. The lowest BCUT2D eigenvalue weighted by Gasteiger charge is -2.22. The zero-order chi connectivity index (χ0) is 13.8. The fourth-order valence-electron chi connectivity index (χ4n) is 2.63. The minimum Gasteiger partial charge on any atom is -0.367 e. The van der Waals surface area contributed by atoms with Crippen LogP contribution in [0.2, 0.25) is 0 Å². The van der Waals surface area contributed by atoms with E-state index in [0.717, 1.165) is 24.0 Å². The lowest BCUT2D eigenvalue weighted by atomic mass is 10.2. The van der Waals surface area contributed by atoms with Gasteiger partial charge in [-0.25, -0.2) is 9.97 Å². The lowest BCUT2D eigenvalue weighted by Crippen LogP contribution is -2.33. The molecule has 0 aromatic carbocycles. The van der Waals surface area contributed by atoms with Crippen molar-refractivity contribution in [2.45, 2.75) is 51.6 Å². The molecule has 1 aromatic rings. The van der Waals surface area contributed by atoms with Crippen LogP contribution in [0.15, 0.2) is 6.07 Å². The largest absolute Gasteiger partial charge is 0.367 e. The molecular formula is C14H25N5. The number of rotatable bonds is 5. The molecule has 0 bridgehead atoms. The van der Waals surface area contributed by atoms with Gasteiger partial charge < -0.3 is 16.0 Å². The summed E-state index contributed by atoms with van der Waals surface area (Å²) in [6, 6.07) is 2.72. The van der Waals surface area contributed by atoms with Gasteiger partial charge in [-0.1, -0.05) is 12.8 Å². The number of aromatic nitrogens is 2. The Labute approximate surface area is 115 Å². The van der Waals surface area contributed by atoms with Crippen LogP contribution in [-0.2, 0) is 0 Å². The highest BCUT2D eigenvalue weighted by Gasteiger charge is 2.16. The second kappa shape index (κ2) is 6.19. The fraction of sp³-hybridized carbons (Fsp3) is 0.714. The van der Waals surface area contributed by atoms with Crippen molar-refractivity contribution in [3.63, 3.8) is 0 Å². The standard InChI is InChI=1S/C14H25N5/c1-10(15)9-19(3)14-8-13(16-11(2)17-14)18-12-6-4-5-7-12/h8,10,12H,4-7,9,15H2,1-3H3,(H,16,17,18). The van der Waals surface area contributed by atoms with Crippen LogP contribution in [0, 0.1) is 6.92 Å². The molecule has 0 amide bonds. The molecule has 19 heavy (non-hydrogen) atoms. The van der Waals surface area contributed by atoms with E-state index >= 15 is 0 Å². The molecule has 1 atom stereocenters. The summed E-state index contributed by atoms with van der Waals surface area (Å²) >= 11 is 0. The molecule has 106 valence electrons. The van der Waals surface area contributed by atoms with Crippen LogP contribution in [0.4, 0.5) is 11.6 Å². The second-order valence-corrected chi connectivity index (χ2v) is 5.64. The molecule has 1 aromatic heterocycles. The number of hydrogen-bond acceptors (Lipinski definition) is 5. The highest BCUT2D eigenvalue weighted by atomic mass is 15.2. The third-order valence-electron chi connectivity index (χ3n) is 3.48. The molecule has 0 aliphatic heterocycles. The van der Waals surface area contributed by atoms with Gasteiger partial charge >= 0.3 is 0 Å². The Balaban J connectivity index is 2.09. The number of likely N-dealkylation sites (N-methyl/N-ethyl adjacent to an activating group) is 1. The van der Waals surface area contributed by atoms with E-state index in [4.69, 9.17) is 5.73 Å². The normalized spacial score (nSPS) is 17.5. The second-order valence-electron chi connectivity index (χ2n) is 5.64. The zero-order valence-electron chi connectivity index (χ0n) is 12.2. The third kappa shape index (κ3) is 4.06. The first-order chi connectivity index (χ1) is 9.04. The molecule has 1 saturated carbocycles. The van der Waals surface area contributed by atoms with E-state index in [-0.39, 0.29) is 6.04 Å². The molecule has 2 rings (SSSR count). The Kier molecular flexibility index (Phi) is 4.58. The Hall–Kier alpha value is -1.36. The monoisotopic (exact) mass is 263 g/mol. The van der Waals surface area contributed by atoms with Crippen molar-refractivity contribution < 1.29 is 0 Å². The van der Waals surface area contributed by atoms with Gasteiger partial charge in [0, 0.05) is 31.7 Å². The summed E-state index contributed by atoms with van der Waals surface area (Å²) < 4.78 is 0. The molecule has 0 radical (unpaired) electrons. The number of anilines is 2. The number of hydrogen-bond donors (Lipinski definition) is 2. The topological polar surface area (TPSA) is 67.1 Å². The molecular weight excluding hydrogens is 238 g/mol. The fourth-order valence-corrected chi connectivity index (χ4v) is 2.63. The summed E-state index contributed by atoms with van der Waals surface area (Å²) in [4.78, 5) is 11.0. The van der Waals surface area contributed by atoms with E-state index in [1.807, 2.05) is 27.0 Å². The molecule has 1 fully saturated rings. The van der Waals surface area contributed by atoms with Gasteiger partial charge in [0.05, 0.1) is 0 Å². The molecule has 1 heterocycles. The number of aryl methyl sites for hydroxylation is 1. The highest BCUT2D eigenvalue weighted by molar-refractivity contribution is 5.49. The van der Waals surface area contributed by atoms with Gasteiger partial charge in [-0.3, -0.25) is 0 Å². The van der Waals surface area contributed by atoms with Crippen LogP contribution >= 0.6 is 0 Å². The van der Waals surface area contributed by atoms with Crippen molar-refractivity contribution in [2.24, 2.45) is 5.73 Å². The lowest BCUT2D eigenvalue weighted by molar-refractivity contribution is 0.708. The molecule has 5 heteroatoms. The van der Waals surface area contributed by atoms with E-state index < -0.39 is 0 Å². The predicted octanol–water partition coefficient (Wildman–Crippen LogP) is 1.92. The smallest absolute Gasteiger partial charge is 0.134 e. The van der Waals surface area contributed by atoms with E-state index in [9.17, 15) is 0 Å². The maximum atomic E-state index is 5.84. The zero-order valence-corrected chi connectivity index (χ0v) is 12.2. The van der Waals surface area contributed by atoms with Crippen LogP contribution < -0.4 is 16.0 Å². The molecule has 1 aliphatic carbocycles. The van der Waals surface area contributed by atoms with Crippen molar-refractivity contribution in [3.8, 4) is 0 Å². The van der Waals surface area contributed by atoms with Crippen LogP contribution in [0.3, 0.4) is 0 Å². The Morgan fingerprint density at radius 2 is 2.11 bits per heavy atom. The Bertz CT molecular complexity index is 412. The molecule has 0 spiro atoms. The van der Waals surface area contributed by atoms with Gasteiger partial charge in [0.15, 0.2) is 0 Å².